The third-order valence-corrected chi connectivity index (χ3v) is 4.96. The monoisotopic (exact) mass is 386 g/mol. The first-order valence-corrected chi connectivity index (χ1v) is 11.6. The Labute approximate surface area is 168 Å². The molecule has 0 rings (SSSR count). The Kier molecular flexibility index (Phi) is 21.2. The number of carbonyl (C=O) groups is 1. The van der Waals surface area contributed by atoms with E-state index in [2.05, 4.69) is 20.8 Å². The highest BCUT2D eigenvalue weighted by molar-refractivity contribution is 5.69. The third-order valence-electron chi connectivity index (χ3n) is 4.96. The Bertz CT molecular complexity index is 307. The number of hydrogen-bond donors (Lipinski definition) is 0. The smallest absolute Gasteiger partial charge is 0.305 e. The molecule has 0 radical (unpaired) electrons. The molecule has 0 aromatic rings. The van der Waals surface area contributed by atoms with Crippen LogP contribution in [0, 0.1) is 5.92 Å². The van der Waals surface area contributed by atoms with Crippen LogP contribution in [0.2, 0.25) is 0 Å². The molecule has 0 aromatic carbocycles. The number of ether oxygens (including phenoxy) is 3. The minimum atomic E-state index is -0.0938. The predicted octanol–water partition coefficient (Wildman–Crippen LogP) is 6.31. The molecular weight excluding hydrogens is 340 g/mol. The fourth-order valence-corrected chi connectivity index (χ4v) is 2.98. The quantitative estimate of drug-likeness (QED) is 0.171. The van der Waals surface area contributed by atoms with Crippen LogP contribution in [0.5, 0.6) is 0 Å². The SMILES string of the molecule is CCCCCCCCCOCCOCCCC(=O)OCC(CC)CCCC. The van der Waals surface area contributed by atoms with Gasteiger partial charge in [0.15, 0.2) is 0 Å². The fourth-order valence-electron chi connectivity index (χ4n) is 2.98. The van der Waals surface area contributed by atoms with Crippen molar-refractivity contribution in [1.29, 1.82) is 0 Å². The number of carbonyl (C=O) groups excluding carboxylic acids is 1. The highest BCUT2D eigenvalue weighted by Gasteiger charge is 2.09. The third kappa shape index (κ3) is 19.9. The van der Waals surface area contributed by atoms with Crippen molar-refractivity contribution in [1.82, 2.24) is 0 Å². The summed E-state index contributed by atoms with van der Waals surface area (Å²) in [6.45, 7) is 9.87. The summed E-state index contributed by atoms with van der Waals surface area (Å²) in [5.41, 5.74) is 0. The van der Waals surface area contributed by atoms with Gasteiger partial charge in [0.2, 0.25) is 0 Å². The molecule has 0 aromatic heterocycles. The Balaban J connectivity index is 3.28. The van der Waals surface area contributed by atoms with Crippen molar-refractivity contribution in [3.63, 3.8) is 0 Å². The van der Waals surface area contributed by atoms with Crippen LogP contribution in [0.15, 0.2) is 0 Å². The molecule has 0 amide bonds. The van der Waals surface area contributed by atoms with Gasteiger partial charge in [-0.15, -0.1) is 0 Å². The molecule has 4 heteroatoms. The first-order chi connectivity index (χ1) is 13.2. The largest absolute Gasteiger partial charge is 0.465 e. The van der Waals surface area contributed by atoms with Crippen molar-refractivity contribution >= 4 is 5.97 Å². The van der Waals surface area contributed by atoms with E-state index in [0.717, 1.165) is 32.3 Å². The maximum absolute atomic E-state index is 11.8. The van der Waals surface area contributed by atoms with E-state index in [1.165, 1.54) is 51.4 Å². The Morgan fingerprint density at radius 1 is 0.704 bits per heavy atom. The van der Waals surface area contributed by atoms with Crippen LogP contribution in [0.3, 0.4) is 0 Å². The van der Waals surface area contributed by atoms with Crippen molar-refractivity contribution in [2.24, 2.45) is 5.92 Å². The van der Waals surface area contributed by atoms with Gasteiger partial charge in [0, 0.05) is 19.6 Å². The number of hydrogen-bond acceptors (Lipinski definition) is 4. The highest BCUT2D eigenvalue weighted by Crippen LogP contribution is 2.13. The fraction of sp³-hybridized carbons (Fsp3) is 0.957. The molecule has 27 heavy (non-hydrogen) atoms. The molecule has 0 N–H and O–H groups in total. The van der Waals surface area contributed by atoms with Gasteiger partial charge in [-0.1, -0.05) is 78.6 Å². The van der Waals surface area contributed by atoms with Crippen molar-refractivity contribution in [2.75, 3.05) is 33.0 Å². The predicted molar refractivity (Wildman–Crippen MR) is 113 cm³/mol. The number of esters is 1. The zero-order valence-electron chi connectivity index (χ0n) is 18.4. The van der Waals surface area contributed by atoms with Gasteiger partial charge >= 0.3 is 5.97 Å². The van der Waals surface area contributed by atoms with E-state index in [1.54, 1.807) is 0 Å². The second-order valence-electron chi connectivity index (χ2n) is 7.55. The van der Waals surface area contributed by atoms with Crippen LogP contribution in [0.4, 0.5) is 0 Å². The molecule has 0 spiro atoms. The van der Waals surface area contributed by atoms with Crippen LogP contribution in [-0.2, 0) is 19.0 Å². The number of rotatable bonds is 21. The van der Waals surface area contributed by atoms with E-state index in [-0.39, 0.29) is 5.97 Å². The van der Waals surface area contributed by atoms with Crippen molar-refractivity contribution < 1.29 is 19.0 Å². The Morgan fingerprint density at radius 2 is 1.30 bits per heavy atom. The lowest BCUT2D eigenvalue weighted by Gasteiger charge is -2.14. The van der Waals surface area contributed by atoms with Gasteiger partial charge in [-0.25, -0.2) is 0 Å². The van der Waals surface area contributed by atoms with E-state index in [1.807, 2.05) is 0 Å². The standard InChI is InChI=1S/C23H46O4/c1-4-7-9-10-11-12-13-17-25-19-20-26-18-14-16-23(24)27-21-22(6-3)15-8-5-2/h22H,4-21H2,1-3H3. The molecule has 0 aliphatic heterocycles. The molecule has 162 valence electrons. The highest BCUT2D eigenvalue weighted by atomic mass is 16.5. The summed E-state index contributed by atoms with van der Waals surface area (Å²) in [7, 11) is 0. The summed E-state index contributed by atoms with van der Waals surface area (Å²) in [5, 5.41) is 0. The van der Waals surface area contributed by atoms with Gasteiger partial charge in [-0.05, 0) is 25.2 Å². The molecule has 0 heterocycles. The summed E-state index contributed by atoms with van der Waals surface area (Å²) in [6, 6.07) is 0. The van der Waals surface area contributed by atoms with Crippen LogP contribution >= 0.6 is 0 Å². The summed E-state index contributed by atoms with van der Waals surface area (Å²) >= 11 is 0. The Hall–Kier alpha value is -0.610. The second kappa shape index (κ2) is 21.7. The molecule has 0 saturated carbocycles. The lowest BCUT2D eigenvalue weighted by molar-refractivity contribution is -0.145. The molecule has 1 atom stereocenters. The van der Waals surface area contributed by atoms with E-state index in [4.69, 9.17) is 14.2 Å². The molecule has 0 aliphatic carbocycles. The first-order valence-electron chi connectivity index (χ1n) is 11.6. The van der Waals surface area contributed by atoms with Crippen LogP contribution < -0.4 is 0 Å². The molecular formula is C23H46O4. The molecule has 0 fully saturated rings. The zero-order chi connectivity index (χ0) is 20.0. The van der Waals surface area contributed by atoms with Crippen molar-refractivity contribution in [2.45, 2.75) is 104 Å². The molecule has 0 saturated heterocycles. The summed E-state index contributed by atoms with van der Waals surface area (Å²) in [4.78, 5) is 11.8. The van der Waals surface area contributed by atoms with Gasteiger partial charge in [0.25, 0.3) is 0 Å². The summed E-state index contributed by atoms with van der Waals surface area (Å²) in [5.74, 6) is 0.419. The van der Waals surface area contributed by atoms with Crippen LogP contribution in [0.25, 0.3) is 0 Å². The van der Waals surface area contributed by atoms with E-state index >= 15 is 0 Å². The van der Waals surface area contributed by atoms with Gasteiger partial charge < -0.3 is 14.2 Å². The topological polar surface area (TPSA) is 44.8 Å². The normalized spacial score (nSPS) is 12.3. The lowest BCUT2D eigenvalue weighted by Crippen LogP contribution is -2.14. The lowest BCUT2D eigenvalue weighted by atomic mass is 10.0. The van der Waals surface area contributed by atoms with Crippen LogP contribution in [0.1, 0.15) is 104 Å². The van der Waals surface area contributed by atoms with E-state index < -0.39 is 0 Å². The zero-order valence-corrected chi connectivity index (χ0v) is 18.4. The maximum atomic E-state index is 11.8. The van der Waals surface area contributed by atoms with Gasteiger partial charge in [-0.2, -0.15) is 0 Å². The summed E-state index contributed by atoms with van der Waals surface area (Å²) < 4.78 is 16.5. The first kappa shape index (κ1) is 26.4. The Morgan fingerprint density at radius 3 is 1.93 bits per heavy atom. The minimum absolute atomic E-state index is 0.0938. The minimum Gasteiger partial charge on any atom is -0.465 e. The molecule has 0 bridgehead atoms. The van der Waals surface area contributed by atoms with Crippen molar-refractivity contribution in [3.05, 3.63) is 0 Å². The van der Waals surface area contributed by atoms with Gasteiger partial charge in [0.05, 0.1) is 19.8 Å². The second-order valence-corrected chi connectivity index (χ2v) is 7.55. The molecule has 1 unspecified atom stereocenters. The van der Waals surface area contributed by atoms with Gasteiger partial charge in [0.1, 0.15) is 0 Å². The summed E-state index contributed by atoms with van der Waals surface area (Å²) in [6.07, 6.45) is 15.0. The van der Waals surface area contributed by atoms with E-state index in [9.17, 15) is 4.79 Å². The maximum Gasteiger partial charge on any atom is 0.305 e. The van der Waals surface area contributed by atoms with E-state index in [0.29, 0.717) is 38.8 Å². The molecule has 0 aliphatic rings. The number of unbranched alkanes of at least 4 members (excludes halogenated alkanes) is 7. The average Bonchev–Trinajstić information content (AvgIpc) is 2.68. The molecule has 4 nitrogen and oxygen atoms in total. The average molecular weight is 387 g/mol. The van der Waals surface area contributed by atoms with Gasteiger partial charge in [-0.3, -0.25) is 4.79 Å². The van der Waals surface area contributed by atoms with Crippen LogP contribution in [-0.4, -0.2) is 39.0 Å². The van der Waals surface area contributed by atoms with Crippen molar-refractivity contribution in [3.8, 4) is 0 Å².